The lowest BCUT2D eigenvalue weighted by Gasteiger charge is -2.30. The maximum Gasteiger partial charge on any atom is 0.239 e. The number of rotatable bonds is 5. The summed E-state index contributed by atoms with van der Waals surface area (Å²) in [6, 6.07) is -0.283. The van der Waals surface area contributed by atoms with E-state index < -0.39 is 0 Å². The van der Waals surface area contributed by atoms with E-state index in [1.54, 1.807) is 0 Å². The Bertz CT molecular complexity index is 209. The molecule has 1 fully saturated rings. The van der Waals surface area contributed by atoms with Gasteiger partial charge in [-0.1, -0.05) is 6.92 Å². The smallest absolute Gasteiger partial charge is 0.239 e. The highest BCUT2D eigenvalue weighted by Gasteiger charge is 2.24. The molecular formula is C11H22N2O2. The van der Waals surface area contributed by atoms with Crippen LogP contribution in [0, 0.1) is 5.92 Å². The first-order chi connectivity index (χ1) is 7.15. The van der Waals surface area contributed by atoms with Crippen LogP contribution in [-0.2, 0) is 4.79 Å². The molecule has 3 N–H and O–H groups in total. The fourth-order valence-electron chi connectivity index (χ4n) is 1.91. The summed E-state index contributed by atoms with van der Waals surface area (Å²) in [7, 11) is 0. The maximum atomic E-state index is 11.6. The lowest BCUT2D eigenvalue weighted by atomic mass is 10.0. The van der Waals surface area contributed by atoms with Crippen molar-refractivity contribution < 1.29 is 9.90 Å². The van der Waals surface area contributed by atoms with Gasteiger partial charge in [0.1, 0.15) is 0 Å². The molecule has 0 aromatic rings. The third-order valence-corrected chi connectivity index (χ3v) is 3.01. The van der Waals surface area contributed by atoms with Crippen LogP contribution >= 0.6 is 0 Å². The average Bonchev–Trinajstić information content (AvgIpc) is 2.24. The lowest BCUT2D eigenvalue weighted by molar-refractivity contribution is -0.135. The third-order valence-electron chi connectivity index (χ3n) is 3.01. The summed E-state index contributed by atoms with van der Waals surface area (Å²) in [6.45, 7) is 3.88. The monoisotopic (exact) mass is 214 g/mol. The number of amides is 1. The molecule has 0 saturated carbocycles. The Morgan fingerprint density at radius 1 is 1.67 bits per heavy atom. The molecular weight excluding hydrogens is 192 g/mol. The molecule has 0 bridgehead atoms. The lowest BCUT2D eigenvalue weighted by Crippen LogP contribution is -2.48. The minimum atomic E-state index is -0.283. The number of likely N-dealkylation sites (tertiary alicyclic amines) is 1. The van der Waals surface area contributed by atoms with Gasteiger partial charge in [0.15, 0.2) is 0 Å². The van der Waals surface area contributed by atoms with Crippen LogP contribution in [0.25, 0.3) is 0 Å². The van der Waals surface area contributed by atoms with Gasteiger partial charge in [0.2, 0.25) is 5.91 Å². The van der Waals surface area contributed by atoms with Crippen molar-refractivity contribution in [2.45, 2.75) is 38.6 Å². The van der Waals surface area contributed by atoms with Crippen molar-refractivity contribution >= 4 is 5.91 Å². The van der Waals surface area contributed by atoms with E-state index in [4.69, 9.17) is 10.8 Å². The van der Waals surface area contributed by atoms with E-state index in [0.717, 1.165) is 38.8 Å². The molecule has 2 unspecified atom stereocenters. The van der Waals surface area contributed by atoms with Crippen LogP contribution < -0.4 is 5.73 Å². The largest absolute Gasteiger partial charge is 0.396 e. The molecule has 88 valence electrons. The molecule has 1 saturated heterocycles. The summed E-state index contributed by atoms with van der Waals surface area (Å²) in [5, 5.41) is 8.87. The molecule has 1 rings (SSSR count). The summed E-state index contributed by atoms with van der Waals surface area (Å²) < 4.78 is 0. The first kappa shape index (κ1) is 12.5. The van der Waals surface area contributed by atoms with Crippen LogP contribution in [0.3, 0.4) is 0 Å². The van der Waals surface area contributed by atoms with E-state index >= 15 is 0 Å². The predicted octanol–water partition coefficient (Wildman–Crippen LogP) is 0.345. The number of aliphatic hydroxyl groups excluding tert-OH is 1. The number of carbonyl (C=O) groups excluding carboxylic acids is 1. The van der Waals surface area contributed by atoms with Gasteiger partial charge in [-0.3, -0.25) is 4.79 Å². The molecule has 0 aromatic carbocycles. The minimum absolute atomic E-state index is 0.0953. The van der Waals surface area contributed by atoms with Crippen LogP contribution in [0.4, 0.5) is 0 Å². The summed E-state index contributed by atoms with van der Waals surface area (Å²) in [6.07, 6.45) is 3.76. The van der Waals surface area contributed by atoms with Crippen molar-refractivity contribution in [2.75, 3.05) is 19.7 Å². The van der Waals surface area contributed by atoms with Crippen LogP contribution in [0.5, 0.6) is 0 Å². The number of hydrogen-bond acceptors (Lipinski definition) is 3. The molecule has 4 nitrogen and oxygen atoms in total. The second-order valence-corrected chi connectivity index (χ2v) is 4.50. The molecule has 15 heavy (non-hydrogen) atoms. The molecule has 1 aliphatic heterocycles. The summed E-state index contributed by atoms with van der Waals surface area (Å²) in [5.41, 5.74) is 5.70. The van der Waals surface area contributed by atoms with Crippen molar-refractivity contribution in [3.8, 4) is 0 Å². The second kappa shape index (κ2) is 6.08. The Hall–Kier alpha value is -0.610. The molecule has 1 heterocycles. The molecule has 1 aliphatic rings. The van der Waals surface area contributed by atoms with Crippen molar-refractivity contribution in [1.29, 1.82) is 0 Å². The quantitative estimate of drug-likeness (QED) is 0.693. The minimum Gasteiger partial charge on any atom is -0.396 e. The summed E-state index contributed by atoms with van der Waals surface area (Å²) in [4.78, 5) is 13.5. The van der Waals surface area contributed by atoms with Gasteiger partial charge >= 0.3 is 0 Å². The van der Waals surface area contributed by atoms with Gasteiger partial charge in [-0.25, -0.2) is 0 Å². The van der Waals surface area contributed by atoms with Gasteiger partial charge < -0.3 is 15.7 Å². The molecule has 1 amide bonds. The SMILES string of the molecule is CC(CO)CCCN1CCCC(N)C1=O. The van der Waals surface area contributed by atoms with Gasteiger partial charge in [0.05, 0.1) is 6.04 Å². The van der Waals surface area contributed by atoms with Crippen LogP contribution in [0.2, 0.25) is 0 Å². The highest BCUT2D eigenvalue weighted by Crippen LogP contribution is 2.12. The van der Waals surface area contributed by atoms with Crippen LogP contribution in [0.1, 0.15) is 32.6 Å². The molecule has 0 aliphatic carbocycles. The number of piperidine rings is 1. The molecule has 0 radical (unpaired) electrons. The zero-order valence-corrected chi connectivity index (χ0v) is 9.48. The molecule has 4 heteroatoms. The van der Waals surface area contributed by atoms with Crippen LogP contribution in [-0.4, -0.2) is 41.7 Å². The van der Waals surface area contributed by atoms with Crippen molar-refractivity contribution in [1.82, 2.24) is 4.90 Å². The van der Waals surface area contributed by atoms with E-state index in [1.807, 2.05) is 11.8 Å². The Morgan fingerprint density at radius 3 is 3.07 bits per heavy atom. The highest BCUT2D eigenvalue weighted by atomic mass is 16.3. The maximum absolute atomic E-state index is 11.6. The van der Waals surface area contributed by atoms with Gasteiger partial charge in [-0.2, -0.15) is 0 Å². The van der Waals surface area contributed by atoms with Crippen molar-refractivity contribution in [3.05, 3.63) is 0 Å². The van der Waals surface area contributed by atoms with E-state index in [1.165, 1.54) is 0 Å². The van der Waals surface area contributed by atoms with E-state index in [2.05, 4.69) is 0 Å². The number of carbonyl (C=O) groups is 1. The van der Waals surface area contributed by atoms with E-state index in [9.17, 15) is 4.79 Å². The van der Waals surface area contributed by atoms with Gasteiger partial charge in [-0.15, -0.1) is 0 Å². The van der Waals surface area contributed by atoms with Gasteiger partial charge in [0.25, 0.3) is 0 Å². The first-order valence-corrected chi connectivity index (χ1v) is 5.80. The number of hydrogen-bond donors (Lipinski definition) is 2. The first-order valence-electron chi connectivity index (χ1n) is 5.80. The third kappa shape index (κ3) is 3.80. The van der Waals surface area contributed by atoms with Crippen LogP contribution in [0.15, 0.2) is 0 Å². The Kier molecular flexibility index (Phi) is 5.05. The van der Waals surface area contributed by atoms with Gasteiger partial charge in [0, 0.05) is 19.7 Å². The summed E-state index contributed by atoms with van der Waals surface area (Å²) >= 11 is 0. The van der Waals surface area contributed by atoms with Gasteiger partial charge in [-0.05, 0) is 31.6 Å². The van der Waals surface area contributed by atoms with E-state index in [0.29, 0.717) is 5.92 Å². The predicted molar refractivity (Wildman–Crippen MR) is 59.3 cm³/mol. The average molecular weight is 214 g/mol. The Balaban J connectivity index is 2.23. The Labute approximate surface area is 91.4 Å². The fraction of sp³-hybridized carbons (Fsp3) is 0.909. The zero-order valence-electron chi connectivity index (χ0n) is 9.48. The zero-order chi connectivity index (χ0) is 11.3. The molecule has 0 spiro atoms. The van der Waals surface area contributed by atoms with E-state index in [-0.39, 0.29) is 18.6 Å². The number of nitrogens with zero attached hydrogens (tertiary/aromatic N) is 1. The summed E-state index contributed by atoms with van der Waals surface area (Å²) in [5.74, 6) is 0.427. The van der Waals surface area contributed by atoms with Crippen molar-refractivity contribution in [3.63, 3.8) is 0 Å². The normalized spacial score (nSPS) is 24.3. The van der Waals surface area contributed by atoms with Crippen molar-refractivity contribution in [2.24, 2.45) is 11.7 Å². The number of aliphatic hydroxyl groups is 1. The molecule has 0 aromatic heterocycles. The number of nitrogens with two attached hydrogens (primary N) is 1. The fourth-order valence-corrected chi connectivity index (χ4v) is 1.91. The topological polar surface area (TPSA) is 66.6 Å². The Morgan fingerprint density at radius 2 is 2.40 bits per heavy atom. The highest BCUT2D eigenvalue weighted by molar-refractivity contribution is 5.82. The molecule has 2 atom stereocenters. The second-order valence-electron chi connectivity index (χ2n) is 4.50. The standard InChI is InChI=1S/C11H22N2O2/c1-9(8-14)4-2-6-13-7-3-5-10(12)11(13)15/h9-10,14H,2-8,12H2,1H3.